The molecule has 0 aliphatic heterocycles. The van der Waals surface area contributed by atoms with Gasteiger partial charge < -0.3 is 5.73 Å². The molecule has 0 spiro atoms. The van der Waals surface area contributed by atoms with E-state index in [0.717, 1.165) is 29.8 Å². The normalized spacial score (nSPS) is 12.7. The molecule has 1 heterocycles. The van der Waals surface area contributed by atoms with E-state index >= 15 is 0 Å². The topological polar surface area (TPSA) is 56.7 Å². The Balaban J connectivity index is 2.32. The van der Waals surface area contributed by atoms with Crippen molar-refractivity contribution >= 4 is 11.6 Å². The SMILES string of the molecule is CCCC(N)c1cn(-c2cc(Cl)ccc2C)nn1. The molecule has 18 heavy (non-hydrogen) atoms. The van der Waals surface area contributed by atoms with Crippen LogP contribution in [0, 0.1) is 6.92 Å². The molecule has 0 amide bonds. The van der Waals surface area contributed by atoms with E-state index in [1.54, 1.807) is 4.68 Å². The van der Waals surface area contributed by atoms with Gasteiger partial charge in [-0.3, -0.25) is 0 Å². The standard InChI is InChI=1S/C13H17ClN4/c1-3-4-11(15)12-8-18(17-16-12)13-7-10(14)6-5-9(13)2/h5-8,11H,3-4,15H2,1-2H3. The number of hydrogen-bond acceptors (Lipinski definition) is 3. The number of hydrogen-bond donors (Lipinski definition) is 1. The number of nitrogens with two attached hydrogens (primary N) is 1. The van der Waals surface area contributed by atoms with Crippen LogP contribution in [-0.4, -0.2) is 15.0 Å². The fourth-order valence-electron chi connectivity index (χ4n) is 1.85. The summed E-state index contributed by atoms with van der Waals surface area (Å²) in [7, 11) is 0. The van der Waals surface area contributed by atoms with Crippen molar-refractivity contribution in [3.8, 4) is 5.69 Å². The summed E-state index contributed by atoms with van der Waals surface area (Å²) in [6, 6.07) is 5.65. The summed E-state index contributed by atoms with van der Waals surface area (Å²) >= 11 is 6.00. The smallest absolute Gasteiger partial charge is 0.0998 e. The van der Waals surface area contributed by atoms with E-state index in [-0.39, 0.29) is 6.04 Å². The van der Waals surface area contributed by atoms with Crippen molar-refractivity contribution in [3.63, 3.8) is 0 Å². The Morgan fingerprint density at radius 3 is 2.94 bits per heavy atom. The van der Waals surface area contributed by atoms with Crippen LogP contribution in [0.15, 0.2) is 24.4 Å². The van der Waals surface area contributed by atoms with Crippen LogP contribution >= 0.6 is 11.6 Å². The van der Waals surface area contributed by atoms with Crippen LogP contribution in [0.4, 0.5) is 0 Å². The van der Waals surface area contributed by atoms with Gasteiger partial charge in [-0.1, -0.05) is 36.2 Å². The van der Waals surface area contributed by atoms with Crippen molar-refractivity contribution in [1.29, 1.82) is 0 Å². The Bertz CT molecular complexity index is 536. The van der Waals surface area contributed by atoms with Gasteiger partial charge in [0, 0.05) is 5.02 Å². The monoisotopic (exact) mass is 264 g/mol. The molecule has 2 N–H and O–H groups in total. The second kappa shape index (κ2) is 5.50. The molecule has 4 nitrogen and oxygen atoms in total. The second-order valence-corrected chi connectivity index (χ2v) is 4.85. The number of benzene rings is 1. The molecule has 5 heteroatoms. The number of halogens is 1. The highest BCUT2D eigenvalue weighted by Gasteiger charge is 2.11. The number of rotatable bonds is 4. The van der Waals surface area contributed by atoms with Crippen LogP contribution in [0.3, 0.4) is 0 Å². The lowest BCUT2D eigenvalue weighted by molar-refractivity contribution is 0.619. The first kappa shape index (κ1) is 13.1. The maximum atomic E-state index is 6.02. The zero-order valence-corrected chi connectivity index (χ0v) is 11.4. The number of nitrogens with zero attached hydrogens (tertiary/aromatic N) is 3. The molecule has 0 saturated carbocycles. The van der Waals surface area contributed by atoms with Gasteiger partial charge in [-0.25, -0.2) is 4.68 Å². The van der Waals surface area contributed by atoms with Crippen molar-refractivity contribution in [2.75, 3.05) is 0 Å². The van der Waals surface area contributed by atoms with E-state index in [2.05, 4.69) is 17.2 Å². The maximum absolute atomic E-state index is 6.02. The largest absolute Gasteiger partial charge is 0.323 e. The molecule has 0 saturated heterocycles. The van der Waals surface area contributed by atoms with Crippen LogP contribution < -0.4 is 5.73 Å². The summed E-state index contributed by atoms with van der Waals surface area (Å²) in [5.41, 5.74) is 8.87. The molecule has 0 radical (unpaired) electrons. The zero-order chi connectivity index (χ0) is 13.1. The van der Waals surface area contributed by atoms with Gasteiger partial charge in [-0.15, -0.1) is 5.10 Å². The Morgan fingerprint density at radius 2 is 2.22 bits per heavy atom. The van der Waals surface area contributed by atoms with Crippen molar-refractivity contribution in [2.45, 2.75) is 32.7 Å². The fraction of sp³-hybridized carbons (Fsp3) is 0.385. The van der Waals surface area contributed by atoms with Crippen molar-refractivity contribution < 1.29 is 0 Å². The van der Waals surface area contributed by atoms with Crippen molar-refractivity contribution in [3.05, 3.63) is 40.7 Å². The quantitative estimate of drug-likeness (QED) is 0.923. The molecule has 0 aliphatic carbocycles. The fourth-order valence-corrected chi connectivity index (χ4v) is 2.02. The van der Waals surface area contributed by atoms with Gasteiger partial charge >= 0.3 is 0 Å². The molecule has 0 fully saturated rings. The van der Waals surface area contributed by atoms with Gasteiger partial charge in [0.05, 0.1) is 23.6 Å². The molecular formula is C13H17ClN4. The molecule has 1 unspecified atom stereocenters. The highest BCUT2D eigenvalue weighted by Crippen LogP contribution is 2.20. The van der Waals surface area contributed by atoms with Crippen molar-refractivity contribution in [1.82, 2.24) is 15.0 Å². The highest BCUT2D eigenvalue weighted by molar-refractivity contribution is 6.30. The van der Waals surface area contributed by atoms with E-state index in [0.29, 0.717) is 5.02 Å². The lowest BCUT2D eigenvalue weighted by Crippen LogP contribution is -2.10. The molecule has 1 aromatic heterocycles. The summed E-state index contributed by atoms with van der Waals surface area (Å²) in [6.45, 7) is 4.12. The van der Waals surface area contributed by atoms with E-state index in [1.165, 1.54) is 0 Å². The Kier molecular flexibility index (Phi) is 3.99. The van der Waals surface area contributed by atoms with Crippen LogP contribution in [0.25, 0.3) is 5.69 Å². The lowest BCUT2D eigenvalue weighted by Gasteiger charge is -2.06. The average Bonchev–Trinajstić information content (AvgIpc) is 2.82. The van der Waals surface area contributed by atoms with Crippen LogP contribution in [0.5, 0.6) is 0 Å². The van der Waals surface area contributed by atoms with E-state index in [9.17, 15) is 0 Å². The first-order chi connectivity index (χ1) is 8.61. The Morgan fingerprint density at radius 1 is 1.44 bits per heavy atom. The molecule has 96 valence electrons. The highest BCUT2D eigenvalue weighted by atomic mass is 35.5. The molecule has 2 aromatic rings. The van der Waals surface area contributed by atoms with Gasteiger partial charge in [0.1, 0.15) is 0 Å². The molecule has 0 bridgehead atoms. The predicted molar refractivity (Wildman–Crippen MR) is 72.9 cm³/mol. The van der Waals surface area contributed by atoms with Crippen LogP contribution in [0.2, 0.25) is 5.02 Å². The number of aryl methyl sites for hydroxylation is 1. The van der Waals surface area contributed by atoms with Crippen molar-refractivity contribution in [2.24, 2.45) is 5.73 Å². The molecular weight excluding hydrogens is 248 g/mol. The molecule has 2 rings (SSSR count). The Hall–Kier alpha value is -1.39. The van der Waals surface area contributed by atoms with Gasteiger partial charge in [0.2, 0.25) is 0 Å². The van der Waals surface area contributed by atoms with Gasteiger partial charge in [0.25, 0.3) is 0 Å². The lowest BCUT2D eigenvalue weighted by atomic mass is 10.1. The molecule has 0 aliphatic rings. The third kappa shape index (κ3) is 2.71. The summed E-state index contributed by atoms with van der Waals surface area (Å²) in [6.07, 6.45) is 3.82. The van der Waals surface area contributed by atoms with Crippen LogP contribution in [0.1, 0.15) is 37.1 Å². The second-order valence-electron chi connectivity index (χ2n) is 4.41. The van der Waals surface area contributed by atoms with Gasteiger partial charge in [0.15, 0.2) is 0 Å². The first-order valence-corrected chi connectivity index (χ1v) is 6.44. The average molecular weight is 265 g/mol. The third-order valence-corrected chi connectivity index (χ3v) is 3.14. The minimum absolute atomic E-state index is 0.0526. The predicted octanol–water partition coefficient (Wildman–Crippen LogP) is 3.03. The maximum Gasteiger partial charge on any atom is 0.0998 e. The minimum Gasteiger partial charge on any atom is -0.323 e. The number of aromatic nitrogens is 3. The van der Waals surface area contributed by atoms with Gasteiger partial charge in [-0.05, 0) is 31.0 Å². The third-order valence-electron chi connectivity index (χ3n) is 2.91. The Labute approximate surface area is 112 Å². The first-order valence-electron chi connectivity index (χ1n) is 6.06. The van der Waals surface area contributed by atoms with E-state index in [1.807, 2.05) is 31.3 Å². The van der Waals surface area contributed by atoms with Crippen LogP contribution in [-0.2, 0) is 0 Å². The van der Waals surface area contributed by atoms with Gasteiger partial charge in [-0.2, -0.15) is 0 Å². The summed E-state index contributed by atoms with van der Waals surface area (Å²) in [5.74, 6) is 0. The zero-order valence-electron chi connectivity index (χ0n) is 10.6. The summed E-state index contributed by atoms with van der Waals surface area (Å²) in [5, 5.41) is 8.93. The van der Waals surface area contributed by atoms with E-state index < -0.39 is 0 Å². The molecule has 1 atom stereocenters. The van der Waals surface area contributed by atoms with E-state index in [4.69, 9.17) is 17.3 Å². The summed E-state index contributed by atoms with van der Waals surface area (Å²) < 4.78 is 1.73. The summed E-state index contributed by atoms with van der Waals surface area (Å²) in [4.78, 5) is 0. The molecule has 1 aromatic carbocycles. The minimum atomic E-state index is -0.0526.